The first-order chi connectivity index (χ1) is 4.42. The number of carbonyl (C=O) groups is 1. The van der Waals surface area contributed by atoms with E-state index in [-0.39, 0.29) is 0 Å². The van der Waals surface area contributed by atoms with Gasteiger partial charge >= 0.3 is 5.97 Å². The molecule has 0 heterocycles. The predicted molar refractivity (Wildman–Crippen MR) is 31.8 cm³/mol. The third kappa shape index (κ3) is 1.65. The molecule has 0 radical (unpaired) electrons. The molecule has 0 amide bonds. The molecule has 4 heteroatoms. The van der Waals surface area contributed by atoms with Crippen molar-refractivity contribution in [3.8, 4) is 0 Å². The largest absolute Gasteiger partial charge is 0.468 e. The molecular formula is C6H10F2O2. The Hall–Kier alpha value is -0.670. The zero-order valence-electron chi connectivity index (χ0n) is 6.15. The van der Waals surface area contributed by atoms with E-state index in [2.05, 4.69) is 4.74 Å². The molecule has 0 spiro atoms. The van der Waals surface area contributed by atoms with E-state index >= 15 is 0 Å². The molecule has 0 saturated carbocycles. The summed E-state index contributed by atoms with van der Waals surface area (Å²) in [5.41, 5.74) is -1.69. The van der Waals surface area contributed by atoms with Crippen LogP contribution in [-0.2, 0) is 9.53 Å². The molecule has 0 fully saturated rings. The maximum Gasteiger partial charge on any atom is 0.317 e. The second kappa shape index (κ2) is 2.94. The van der Waals surface area contributed by atoms with Gasteiger partial charge in [0.15, 0.2) is 0 Å². The van der Waals surface area contributed by atoms with Crippen LogP contribution in [0.4, 0.5) is 8.78 Å². The molecule has 2 nitrogen and oxygen atoms in total. The number of rotatable bonds is 2. The predicted octanol–water partition coefficient (Wildman–Crippen LogP) is 1.45. The molecule has 0 aliphatic rings. The topological polar surface area (TPSA) is 26.3 Å². The lowest BCUT2D eigenvalue weighted by Crippen LogP contribution is -2.32. The Kier molecular flexibility index (Phi) is 2.75. The van der Waals surface area contributed by atoms with Gasteiger partial charge in [0.05, 0.1) is 7.11 Å². The molecule has 0 aliphatic carbocycles. The van der Waals surface area contributed by atoms with E-state index in [0.717, 1.165) is 21.0 Å². The fourth-order valence-corrected chi connectivity index (χ4v) is 0.352. The molecule has 0 unspecified atom stereocenters. The first-order valence-corrected chi connectivity index (χ1v) is 2.79. The number of esters is 1. The van der Waals surface area contributed by atoms with Crippen LogP contribution < -0.4 is 0 Å². The van der Waals surface area contributed by atoms with Gasteiger partial charge in [-0.25, -0.2) is 8.78 Å². The van der Waals surface area contributed by atoms with Gasteiger partial charge in [0.1, 0.15) is 5.41 Å². The zero-order chi connectivity index (χ0) is 8.36. The third-order valence-electron chi connectivity index (χ3n) is 1.26. The number of ether oxygens (including phenoxy) is 1. The Balaban J connectivity index is 4.24. The number of methoxy groups -OCH3 is 1. The molecule has 10 heavy (non-hydrogen) atoms. The molecule has 60 valence electrons. The van der Waals surface area contributed by atoms with E-state index in [1.165, 1.54) is 0 Å². The Bertz CT molecular complexity index is 132. The van der Waals surface area contributed by atoms with Crippen molar-refractivity contribution in [2.45, 2.75) is 20.3 Å². The normalized spacial score (nSPS) is 11.8. The van der Waals surface area contributed by atoms with Crippen molar-refractivity contribution in [2.75, 3.05) is 7.11 Å². The standard InChI is InChI=1S/C6H10F2O2/c1-6(2,4(7)8)5(9)10-3/h4H,1-3H3. The first kappa shape index (κ1) is 9.33. The second-order valence-corrected chi connectivity index (χ2v) is 2.51. The van der Waals surface area contributed by atoms with Crippen molar-refractivity contribution in [1.29, 1.82) is 0 Å². The van der Waals surface area contributed by atoms with E-state index in [1.54, 1.807) is 0 Å². The molecule has 0 aliphatic heterocycles. The van der Waals surface area contributed by atoms with E-state index in [1.807, 2.05) is 0 Å². The van der Waals surface area contributed by atoms with Crippen LogP contribution in [0.5, 0.6) is 0 Å². The van der Waals surface area contributed by atoms with Crippen molar-refractivity contribution in [2.24, 2.45) is 5.41 Å². The highest BCUT2D eigenvalue weighted by Crippen LogP contribution is 2.25. The van der Waals surface area contributed by atoms with E-state index in [9.17, 15) is 13.6 Å². The van der Waals surface area contributed by atoms with Gasteiger partial charge < -0.3 is 4.74 Å². The van der Waals surface area contributed by atoms with Gasteiger partial charge in [-0.05, 0) is 13.8 Å². The van der Waals surface area contributed by atoms with E-state index in [4.69, 9.17) is 0 Å². The third-order valence-corrected chi connectivity index (χ3v) is 1.26. The molecule has 0 aromatic rings. The van der Waals surface area contributed by atoms with Crippen LogP contribution in [0.3, 0.4) is 0 Å². The molecular weight excluding hydrogens is 142 g/mol. The average molecular weight is 152 g/mol. The minimum absolute atomic E-state index is 0.887. The highest BCUT2D eigenvalue weighted by molar-refractivity contribution is 5.76. The molecule has 0 aromatic carbocycles. The summed E-state index contributed by atoms with van der Waals surface area (Å²) in [6, 6.07) is 0. The van der Waals surface area contributed by atoms with Gasteiger partial charge in [-0.2, -0.15) is 0 Å². The summed E-state index contributed by atoms with van der Waals surface area (Å²) >= 11 is 0. The fourth-order valence-electron chi connectivity index (χ4n) is 0.352. The zero-order valence-corrected chi connectivity index (χ0v) is 6.15. The highest BCUT2D eigenvalue weighted by atomic mass is 19.3. The summed E-state index contributed by atoms with van der Waals surface area (Å²) in [5, 5.41) is 0. The summed E-state index contributed by atoms with van der Waals surface area (Å²) in [4.78, 5) is 10.6. The minimum atomic E-state index is -2.68. The number of carbonyl (C=O) groups excluding carboxylic acids is 1. The quantitative estimate of drug-likeness (QED) is 0.560. The maximum atomic E-state index is 11.9. The first-order valence-electron chi connectivity index (χ1n) is 2.79. The SMILES string of the molecule is COC(=O)C(C)(C)C(F)F. The van der Waals surface area contributed by atoms with Crippen LogP contribution in [0.2, 0.25) is 0 Å². The minimum Gasteiger partial charge on any atom is -0.468 e. The Morgan fingerprint density at radius 3 is 2.00 bits per heavy atom. The van der Waals surface area contributed by atoms with Gasteiger partial charge in [0, 0.05) is 0 Å². The van der Waals surface area contributed by atoms with Gasteiger partial charge in [-0.15, -0.1) is 0 Å². The average Bonchev–Trinajstić information content (AvgIpc) is 1.86. The monoisotopic (exact) mass is 152 g/mol. The molecule has 0 bridgehead atoms. The Morgan fingerprint density at radius 1 is 1.50 bits per heavy atom. The van der Waals surface area contributed by atoms with Gasteiger partial charge in [0.2, 0.25) is 0 Å². The van der Waals surface area contributed by atoms with Crippen LogP contribution in [-0.4, -0.2) is 19.5 Å². The Labute approximate surface area is 58.2 Å². The van der Waals surface area contributed by atoms with Crippen LogP contribution in [0.15, 0.2) is 0 Å². The van der Waals surface area contributed by atoms with Crippen molar-refractivity contribution < 1.29 is 18.3 Å². The van der Waals surface area contributed by atoms with Crippen molar-refractivity contribution >= 4 is 5.97 Å². The van der Waals surface area contributed by atoms with Crippen molar-refractivity contribution in [1.82, 2.24) is 0 Å². The summed E-state index contributed by atoms with van der Waals surface area (Å²) in [7, 11) is 1.09. The maximum absolute atomic E-state index is 11.9. The number of hydrogen-bond acceptors (Lipinski definition) is 2. The summed E-state index contributed by atoms with van der Waals surface area (Å²) in [5.74, 6) is -0.887. The van der Waals surface area contributed by atoms with E-state index < -0.39 is 17.8 Å². The fraction of sp³-hybridized carbons (Fsp3) is 0.833. The van der Waals surface area contributed by atoms with Gasteiger partial charge in [0.25, 0.3) is 6.43 Å². The van der Waals surface area contributed by atoms with Crippen LogP contribution in [0, 0.1) is 5.41 Å². The molecule has 0 rings (SSSR count). The summed E-state index contributed by atoms with van der Waals surface area (Å²) in [6.07, 6.45) is -2.68. The number of hydrogen-bond donors (Lipinski definition) is 0. The number of alkyl halides is 2. The van der Waals surface area contributed by atoms with Crippen LogP contribution >= 0.6 is 0 Å². The second-order valence-electron chi connectivity index (χ2n) is 2.51. The smallest absolute Gasteiger partial charge is 0.317 e. The highest BCUT2D eigenvalue weighted by Gasteiger charge is 2.38. The summed E-state index contributed by atoms with van der Waals surface area (Å²) < 4.78 is 28.1. The van der Waals surface area contributed by atoms with Crippen LogP contribution in [0.1, 0.15) is 13.8 Å². The van der Waals surface area contributed by atoms with Gasteiger partial charge in [-0.3, -0.25) is 4.79 Å². The Morgan fingerprint density at radius 2 is 1.90 bits per heavy atom. The summed E-state index contributed by atoms with van der Waals surface area (Å²) in [6.45, 7) is 2.28. The van der Waals surface area contributed by atoms with Crippen LogP contribution in [0.25, 0.3) is 0 Å². The lowest BCUT2D eigenvalue weighted by atomic mass is 9.95. The van der Waals surface area contributed by atoms with E-state index in [0.29, 0.717) is 0 Å². The molecule has 0 aromatic heterocycles. The number of halogens is 2. The molecule has 0 N–H and O–H groups in total. The van der Waals surface area contributed by atoms with Gasteiger partial charge in [-0.1, -0.05) is 0 Å². The lowest BCUT2D eigenvalue weighted by molar-refractivity contribution is -0.159. The van der Waals surface area contributed by atoms with Crippen molar-refractivity contribution in [3.05, 3.63) is 0 Å². The molecule has 0 atom stereocenters. The lowest BCUT2D eigenvalue weighted by Gasteiger charge is -2.19. The molecule has 0 saturated heterocycles. The van der Waals surface area contributed by atoms with Crippen molar-refractivity contribution in [3.63, 3.8) is 0 Å².